The zero-order valence-corrected chi connectivity index (χ0v) is 13.3. The molecule has 4 nitrogen and oxygen atoms in total. The maximum atomic E-state index is 9.64. The summed E-state index contributed by atoms with van der Waals surface area (Å²) in [6.45, 7) is 2.09. The van der Waals surface area contributed by atoms with Crippen molar-refractivity contribution in [2.24, 2.45) is 5.92 Å². The van der Waals surface area contributed by atoms with Crippen molar-refractivity contribution in [2.45, 2.75) is 32.2 Å². The number of hydrogen-bond donors (Lipinski definition) is 3. The number of benzene rings is 1. The van der Waals surface area contributed by atoms with Crippen molar-refractivity contribution >= 4 is 18.0 Å². The third kappa shape index (κ3) is 4.06. The maximum absolute atomic E-state index is 9.64. The van der Waals surface area contributed by atoms with Crippen molar-refractivity contribution in [3.63, 3.8) is 0 Å². The molecule has 1 aliphatic rings. The summed E-state index contributed by atoms with van der Waals surface area (Å²) in [6, 6.07) is 3.99. The fraction of sp³-hybridized carbons (Fsp3) is 0.389. The van der Waals surface area contributed by atoms with Crippen LogP contribution in [0.15, 0.2) is 30.4 Å². The van der Waals surface area contributed by atoms with Crippen LogP contribution in [0.2, 0.25) is 0 Å². The van der Waals surface area contributed by atoms with E-state index >= 15 is 0 Å². The van der Waals surface area contributed by atoms with Crippen molar-refractivity contribution in [3.05, 3.63) is 47.1 Å². The molecule has 22 heavy (non-hydrogen) atoms. The van der Waals surface area contributed by atoms with Crippen molar-refractivity contribution in [2.75, 3.05) is 12.8 Å². The molecule has 0 bridgehead atoms. The normalized spacial score (nSPS) is 16.7. The number of anilines is 1. The second-order valence-electron chi connectivity index (χ2n) is 5.82. The molecule has 4 N–H and O–H groups in total. The molecule has 2 rings (SSSR count). The quantitative estimate of drug-likeness (QED) is 0.312. The minimum Gasteiger partial charge on any atom is -0.398 e. The lowest BCUT2D eigenvalue weighted by Crippen LogP contribution is -2.28. The van der Waals surface area contributed by atoms with Gasteiger partial charge in [-0.1, -0.05) is 31.2 Å². The predicted molar refractivity (Wildman–Crippen MR) is 92.4 cm³/mol. The Bertz CT molecular complexity index is 584. The van der Waals surface area contributed by atoms with E-state index in [1.54, 1.807) is 7.05 Å². The minimum absolute atomic E-state index is 0.0962. The molecule has 1 aromatic rings. The van der Waals surface area contributed by atoms with Gasteiger partial charge in [0.2, 0.25) is 0 Å². The van der Waals surface area contributed by atoms with Crippen LogP contribution < -0.4 is 5.73 Å². The van der Waals surface area contributed by atoms with Crippen LogP contribution in [-0.2, 0) is 6.42 Å². The van der Waals surface area contributed by atoms with E-state index in [1.165, 1.54) is 29.7 Å². The Balaban J connectivity index is 2.13. The van der Waals surface area contributed by atoms with Crippen LogP contribution in [0.25, 0.3) is 6.08 Å². The number of hydrogen-bond acceptors (Lipinski definition) is 4. The second-order valence-corrected chi connectivity index (χ2v) is 5.82. The first-order chi connectivity index (χ1) is 10.6. The van der Waals surface area contributed by atoms with Gasteiger partial charge in [0, 0.05) is 24.5 Å². The molecular formula is C18H25N3O. The van der Waals surface area contributed by atoms with Crippen LogP contribution in [-0.4, -0.2) is 29.6 Å². The topological polar surface area (TPSA) is 73.3 Å². The number of allylic oxidation sites excluding steroid dienone is 2. The maximum Gasteiger partial charge on any atom is 0.0558 e. The number of aryl methyl sites for hydroxylation is 1. The molecule has 1 aromatic carbocycles. The Kier molecular flexibility index (Phi) is 5.52. The number of nitrogens with one attached hydrogen (secondary N) is 1. The fourth-order valence-electron chi connectivity index (χ4n) is 2.65. The third-order valence-electron chi connectivity index (χ3n) is 4.11. The summed E-state index contributed by atoms with van der Waals surface area (Å²) in [7, 11) is 1.70. The summed E-state index contributed by atoms with van der Waals surface area (Å²) in [6.07, 6.45) is 12.6. The van der Waals surface area contributed by atoms with Gasteiger partial charge in [-0.3, -0.25) is 0 Å². The van der Waals surface area contributed by atoms with Gasteiger partial charge in [0.1, 0.15) is 0 Å². The lowest BCUT2D eigenvalue weighted by Gasteiger charge is -2.17. The van der Waals surface area contributed by atoms with Crippen molar-refractivity contribution in [3.8, 4) is 0 Å². The Labute approximate surface area is 132 Å². The number of nitrogen functional groups attached to an aromatic ring is 1. The first kappa shape index (κ1) is 16.5. The lowest BCUT2D eigenvalue weighted by atomic mass is 10.00. The van der Waals surface area contributed by atoms with E-state index in [-0.39, 0.29) is 6.04 Å². The molecule has 0 aromatic heterocycles. The highest BCUT2D eigenvalue weighted by atomic mass is 16.5. The summed E-state index contributed by atoms with van der Waals surface area (Å²) in [5, 5.41) is 18.3. The van der Waals surface area contributed by atoms with Crippen molar-refractivity contribution in [1.82, 2.24) is 5.06 Å². The first-order valence-corrected chi connectivity index (χ1v) is 7.76. The van der Waals surface area contributed by atoms with Gasteiger partial charge in [-0.25, -0.2) is 0 Å². The van der Waals surface area contributed by atoms with Gasteiger partial charge in [-0.2, -0.15) is 5.06 Å². The Hall–Kier alpha value is -1.91. The molecular weight excluding hydrogens is 274 g/mol. The molecule has 0 heterocycles. The van der Waals surface area contributed by atoms with Gasteiger partial charge in [-0.15, -0.1) is 0 Å². The fourth-order valence-corrected chi connectivity index (χ4v) is 2.65. The Morgan fingerprint density at radius 3 is 2.64 bits per heavy atom. The molecule has 0 amide bonds. The number of likely N-dealkylation sites (N-methyl/N-ethyl adjacent to an activating group) is 1. The molecule has 1 fully saturated rings. The van der Waals surface area contributed by atoms with Gasteiger partial charge in [0.15, 0.2) is 0 Å². The summed E-state index contributed by atoms with van der Waals surface area (Å²) in [5.41, 5.74) is 9.57. The number of hydroxylamine groups is 2. The van der Waals surface area contributed by atoms with Gasteiger partial charge in [0.05, 0.1) is 6.04 Å². The van der Waals surface area contributed by atoms with E-state index in [9.17, 15) is 5.21 Å². The Morgan fingerprint density at radius 2 is 2.09 bits per heavy atom. The van der Waals surface area contributed by atoms with Gasteiger partial charge < -0.3 is 16.4 Å². The highest BCUT2D eigenvalue weighted by Crippen LogP contribution is 2.35. The molecule has 0 spiro atoms. The number of nitrogens with zero attached hydrogens (tertiary/aromatic N) is 1. The van der Waals surface area contributed by atoms with E-state index in [2.05, 4.69) is 6.92 Å². The standard InChI is InChI=1S/C18H25N3O/c1-3-13-11-17(20)16(12-19)10-15(13)6-4-5-7-18(21(2)22)14-8-9-14/h4-7,10-12,14,18-19,22H,3,8-9,20H2,1-2H3/b6-4+,7-5-,19-12?. The molecule has 4 heteroatoms. The third-order valence-corrected chi connectivity index (χ3v) is 4.11. The largest absolute Gasteiger partial charge is 0.398 e. The second kappa shape index (κ2) is 7.38. The smallest absolute Gasteiger partial charge is 0.0558 e. The zero-order valence-electron chi connectivity index (χ0n) is 13.3. The van der Waals surface area contributed by atoms with E-state index < -0.39 is 0 Å². The van der Waals surface area contributed by atoms with E-state index in [0.29, 0.717) is 11.6 Å². The predicted octanol–water partition coefficient (Wildman–Crippen LogP) is 3.50. The van der Waals surface area contributed by atoms with Crippen LogP contribution in [0.4, 0.5) is 5.69 Å². The van der Waals surface area contributed by atoms with E-state index in [0.717, 1.165) is 17.5 Å². The van der Waals surface area contributed by atoms with E-state index in [4.69, 9.17) is 11.1 Å². The van der Waals surface area contributed by atoms with Crippen LogP contribution in [0.5, 0.6) is 0 Å². The van der Waals surface area contributed by atoms with E-state index in [1.807, 2.05) is 36.4 Å². The summed E-state index contributed by atoms with van der Waals surface area (Å²) < 4.78 is 0. The van der Waals surface area contributed by atoms with Crippen molar-refractivity contribution < 1.29 is 5.21 Å². The van der Waals surface area contributed by atoms with Gasteiger partial charge in [-0.05, 0) is 48.4 Å². The number of nitrogens with two attached hydrogens (primary N) is 1. The molecule has 1 unspecified atom stereocenters. The van der Waals surface area contributed by atoms with Gasteiger partial charge in [0.25, 0.3) is 0 Å². The SMILES string of the molecule is CCc1cc(N)c(C=N)cc1/C=C/C=C\C(C1CC1)N(C)O. The van der Waals surface area contributed by atoms with Crippen LogP contribution in [0.3, 0.4) is 0 Å². The summed E-state index contributed by atoms with van der Waals surface area (Å²) in [5.74, 6) is 0.576. The average Bonchev–Trinajstić information content (AvgIpc) is 3.32. The van der Waals surface area contributed by atoms with Crippen LogP contribution in [0, 0.1) is 11.3 Å². The van der Waals surface area contributed by atoms with Crippen LogP contribution in [0.1, 0.15) is 36.5 Å². The van der Waals surface area contributed by atoms with Crippen molar-refractivity contribution in [1.29, 1.82) is 5.41 Å². The lowest BCUT2D eigenvalue weighted by molar-refractivity contribution is -0.0935. The summed E-state index contributed by atoms with van der Waals surface area (Å²) in [4.78, 5) is 0. The molecule has 0 radical (unpaired) electrons. The van der Waals surface area contributed by atoms with Gasteiger partial charge >= 0.3 is 0 Å². The monoisotopic (exact) mass is 299 g/mol. The molecule has 1 aliphatic carbocycles. The average molecular weight is 299 g/mol. The molecule has 1 saturated carbocycles. The Morgan fingerprint density at radius 1 is 1.36 bits per heavy atom. The highest BCUT2D eigenvalue weighted by molar-refractivity contribution is 5.86. The summed E-state index contributed by atoms with van der Waals surface area (Å²) >= 11 is 0. The zero-order chi connectivity index (χ0) is 16.1. The highest BCUT2D eigenvalue weighted by Gasteiger charge is 2.31. The molecule has 0 saturated heterocycles. The molecule has 0 aliphatic heterocycles. The molecule has 118 valence electrons. The van der Waals surface area contributed by atoms with Crippen LogP contribution >= 0.6 is 0 Å². The first-order valence-electron chi connectivity index (χ1n) is 7.76. The number of rotatable bonds is 7. The molecule has 1 atom stereocenters. The minimum atomic E-state index is 0.0962.